The number of aromatic amines is 1. The van der Waals surface area contributed by atoms with Gasteiger partial charge < -0.3 is 19.2 Å². The van der Waals surface area contributed by atoms with E-state index in [-0.39, 0.29) is 19.0 Å². The average molecular weight is 564 g/mol. The molecular formula is C32H25N3O5S. The maximum atomic E-state index is 14.2. The molecule has 204 valence electrons. The van der Waals surface area contributed by atoms with E-state index in [1.165, 1.54) is 11.3 Å². The molecule has 0 aliphatic carbocycles. The molecule has 0 radical (unpaired) electrons. The number of hydrogen-bond donors (Lipinski definition) is 1. The number of hydrogen-bond acceptors (Lipinski definition) is 7. The van der Waals surface area contributed by atoms with E-state index in [1.807, 2.05) is 79.7 Å². The summed E-state index contributed by atoms with van der Waals surface area (Å²) in [7, 11) is 0. The largest absolute Gasteiger partial charge is 0.463 e. The number of para-hydroxylation sites is 1. The van der Waals surface area contributed by atoms with Gasteiger partial charge in [-0.05, 0) is 43.7 Å². The van der Waals surface area contributed by atoms with Gasteiger partial charge in [-0.2, -0.15) is 0 Å². The lowest BCUT2D eigenvalue weighted by Crippen LogP contribution is -2.40. The number of rotatable bonds is 5. The van der Waals surface area contributed by atoms with Crippen molar-refractivity contribution < 1.29 is 19.0 Å². The summed E-state index contributed by atoms with van der Waals surface area (Å²) in [5, 5.41) is 1.03. The van der Waals surface area contributed by atoms with Crippen LogP contribution in [0.5, 0.6) is 11.5 Å². The molecule has 3 aromatic carbocycles. The van der Waals surface area contributed by atoms with Gasteiger partial charge in [-0.3, -0.25) is 9.36 Å². The molecular weight excluding hydrogens is 538 g/mol. The molecule has 1 atom stereocenters. The van der Waals surface area contributed by atoms with Gasteiger partial charge in [0.1, 0.15) is 0 Å². The number of carbonyl (C=O) groups is 1. The van der Waals surface area contributed by atoms with Gasteiger partial charge in [-0.15, -0.1) is 0 Å². The number of carbonyl (C=O) groups excluding carboxylic acids is 1. The lowest BCUT2D eigenvalue weighted by Gasteiger charge is -2.26. The lowest BCUT2D eigenvalue weighted by molar-refractivity contribution is -0.138. The fourth-order valence-electron chi connectivity index (χ4n) is 5.45. The number of aromatic nitrogens is 2. The molecule has 9 heteroatoms. The zero-order valence-corrected chi connectivity index (χ0v) is 23.2. The van der Waals surface area contributed by atoms with Gasteiger partial charge in [0.15, 0.2) is 16.3 Å². The molecule has 0 saturated heterocycles. The van der Waals surface area contributed by atoms with Gasteiger partial charge in [0.2, 0.25) is 6.79 Å². The van der Waals surface area contributed by atoms with Crippen molar-refractivity contribution in [3.8, 4) is 11.5 Å². The van der Waals surface area contributed by atoms with Gasteiger partial charge in [-0.1, -0.05) is 65.9 Å². The minimum Gasteiger partial charge on any atom is -0.463 e. The van der Waals surface area contributed by atoms with E-state index < -0.39 is 12.0 Å². The number of esters is 1. The van der Waals surface area contributed by atoms with Crippen LogP contribution in [-0.4, -0.2) is 28.9 Å². The number of benzene rings is 3. The Morgan fingerprint density at radius 1 is 1.10 bits per heavy atom. The van der Waals surface area contributed by atoms with E-state index in [2.05, 4.69) is 4.98 Å². The fraction of sp³-hybridized carbons (Fsp3) is 0.156. The Hall–Kier alpha value is -4.89. The van der Waals surface area contributed by atoms with E-state index in [0.29, 0.717) is 37.7 Å². The summed E-state index contributed by atoms with van der Waals surface area (Å²) in [6.45, 7) is 4.05. The van der Waals surface area contributed by atoms with Crippen LogP contribution >= 0.6 is 11.3 Å². The topological polar surface area (TPSA) is 94.9 Å². The van der Waals surface area contributed by atoms with Gasteiger partial charge in [0.25, 0.3) is 5.56 Å². The normalized spacial score (nSPS) is 16.1. The number of nitrogens with one attached hydrogen (secondary N) is 1. The fourth-order valence-corrected chi connectivity index (χ4v) is 6.44. The molecule has 8 nitrogen and oxygen atoms in total. The number of H-pyrrole nitrogens is 1. The van der Waals surface area contributed by atoms with Crippen molar-refractivity contribution in [1.29, 1.82) is 0 Å². The van der Waals surface area contributed by atoms with Crippen molar-refractivity contribution in [2.24, 2.45) is 4.99 Å². The Kier molecular flexibility index (Phi) is 6.09. The van der Waals surface area contributed by atoms with Gasteiger partial charge in [-0.25, -0.2) is 9.79 Å². The highest BCUT2D eigenvalue weighted by Gasteiger charge is 2.36. The van der Waals surface area contributed by atoms with E-state index in [0.717, 1.165) is 27.7 Å². The molecule has 0 saturated carbocycles. The number of aryl methyl sites for hydroxylation is 1. The highest BCUT2D eigenvalue weighted by atomic mass is 32.1. The molecule has 0 fully saturated rings. The first-order chi connectivity index (χ1) is 20.0. The summed E-state index contributed by atoms with van der Waals surface area (Å²) in [6.07, 6.45) is 1.91. The first kappa shape index (κ1) is 25.1. The second-order valence-corrected chi connectivity index (χ2v) is 10.8. The quantitative estimate of drug-likeness (QED) is 0.319. The average Bonchev–Trinajstić information content (AvgIpc) is 3.68. The highest BCUT2D eigenvalue weighted by molar-refractivity contribution is 7.07. The van der Waals surface area contributed by atoms with Gasteiger partial charge in [0.05, 0.1) is 28.5 Å². The maximum absolute atomic E-state index is 14.2. The van der Waals surface area contributed by atoms with Crippen LogP contribution in [0.25, 0.3) is 22.7 Å². The molecule has 2 aliphatic rings. The van der Waals surface area contributed by atoms with Crippen LogP contribution in [0.15, 0.2) is 88.2 Å². The molecule has 1 N–H and O–H groups in total. The van der Waals surface area contributed by atoms with Crippen LogP contribution in [-0.2, 0) is 9.53 Å². The SMILES string of the molecule is CCOC(=O)C1=C(c2ccccc2)N=c2sc(=Cc3c(C)[nH]c4ccccc34)c(=O)n2[C@H]1c1ccc2c(c1)OCO2. The molecule has 0 bridgehead atoms. The van der Waals surface area contributed by atoms with Crippen LogP contribution in [0.2, 0.25) is 0 Å². The van der Waals surface area contributed by atoms with Crippen molar-refractivity contribution in [3.63, 3.8) is 0 Å². The van der Waals surface area contributed by atoms with Crippen LogP contribution in [0, 0.1) is 6.92 Å². The molecule has 0 amide bonds. The van der Waals surface area contributed by atoms with Crippen molar-refractivity contribution in [1.82, 2.24) is 9.55 Å². The predicted octanol–water partition coefficient (Wildman–Crippen LogP) is 4.45. The molecule has 41 heavy (non-hydrogen) atoms. The Balaban J connectivity index is 1.53. The van der Waals surface area contributed by atoms with E-state index >= 15 is 0 Å². The zero-order chi connectivity index (χ0) is 28.1. The summed E-state index contributed by atoms with van der Waals surface area (Å²) in [5.74, 6) is 0.640. The lowest BCUT2D eigenvalue weighted by atomic mass is 9.93. The molecule has 2 aliphatic heterocycles. The highest BCUT2D eigenvalue weighted by Crippen LogP contribution is 2.40. The minimum atomic E-state index is -0.791. The van der Waals surface area contributed by atoms with Gasteiger partial charge >= 0.3 is 5.97 Å². The maximum Gasteiger partial charge on any atom is 0.338 e. The molecule has 2 aromatic heterocycles. The Bertz CT molecular complexity index is 2050. The molecule has 7 rings (SSSR count). The van der Waals surface area contributed by atoms with Crippen LogP contribution in [0.1, 0.15) is 35.3 Å². The number of ether oxygens (including phenoxy) is 3. The molecule has 0 spiro atoms. The summed E-state index contributed by atoms with van der Waals surface area (Å²) in [6, 6.07) is 22.2. The molecule has 0 unspecified atom stereocenters. The predicted molar refractivity (Wildman–Crippen MR) is 157 cm³/mol. The van der Waals surface area contributed by atoms with Crippen LogP contribution in [0.3, 0.4) is 0 Å². The van der Waals surface area contributed by atoms with Gasteiger partial charge in [0, 0.05) is 27.7 Å². The molecule has 4 heterocycles. The molecule has 5 aromatic rings. The minimum absolute atomic E-state index is 0.112. The first-order valence-corrected chi connectivity index (χ1v) is 14.1. The Morgan fingerprint density at radius 3 is 2.71 bits per heavy atom. The number of fused-ring (bicyclic) bond motifs is 3. The second kappa shape index (κ2) is 9.94. The Morgan fingerprint density at radius 2 is 1.88 bits per heavy atom. The van der Waals surface area contributed by atoms with Crippen LogP contribution < -0.4 is 24.4 Å². The van der Waals surface area contributed by atoms with Crippen molar-refractivity contribution in [3.05, 3.63) is 120 Å². The first-order valence-electron chi connectivity index (χ1n) is 13.3. The third kappa shape index (κ3) is 4.17. The number of thiazole rings is 1. The van der Waals surface area contributed by atoms with Crippen molar-refractivity contribution in [2.75, 3.05) is 13.4 Å². The third-order valence-corrected chi connectivity index (χ3v) is 8.29. The standard InChI is InChI=1S/C32H25N3O5S/c1-3-38-31(37)27-28(19-9-5-4-6-10-19)34-32-35(29(27)20-13-14-24-25(15-20)40-17-39-24)30(36)26(41-32)16-22-18(2)33-23-12-8-7-11-21(22)23/h4-16,29,33H,3,17H2,1-2H3/t29-/m0/s1. The van der Waals surface area contributed by atoms with Crippen LogP contribution in [0.4, 0.5) is 0 Å². The monoisotopic (exact) mass is 563 g/mol. The Labute approximate surface area is 238 Å². The zero-order valence-electron chi connectivity index (χ0n) is 22.3. The summed E-state index contributed by atoms with van der Waals surface area (Å²) in [5.41, 5.74) is 4.87. The number of nitrogens with zero attached hydrogens (tertiary/aromatic N) is 2. The smallest absolute Gasteiger partial charge is 0.338 e. The summed E-state index contributed by atoms with van der Waals surface area (Å²) >= 11 is 1.30. The second-order valence-electron chi connectivity index (χ2n) is 9.75. The van der Waals surface area contributed by atoms with E-state index in [1.54, 1.807) is 17.6 Å². The van der Waals surface area contributed by atoms with Crippen molar-refractivity contribution in [2.45, 2.75) is 19.9 Å². The third-order valence-electron chi connectivity index (χ3n) is 7.30. The van der Waals surface area contributed by atoms with Crippen molar-refractivity contribution >= 4 is 40.0 Å². The summed E-state index contributed by atoms with van der Waals surface area (Å²) < 4.78 is 18.8. The van der Waals surface area contributed by atoms with E-state index in [9.17, 15) is 9.59 Å². The summed E-state index contributed by atoms with van der Waals surface area (Å²) in [4.78, 5) is 36.7. The van der Waals surface area contributed by atoms with E-state index in [4.69, 9.17) is 19.2 Å².